The summed E-state index contributed by atoms with van der Waals surface area (Å²) >= 11 is 1.76. The molecule has 0 spiro atoms. The topological polar surface area (TPSA) is 77.4 Å². The maximum Gasteiger partial charge on any atom is 0.243 e. The molecule has 1 fully saturated rings. The average Bonchev–Trinajstić information content (AvgIpc) is 2.85. The lowest BCUT2D eigenvalue weighted by molar-refractivity contribution is -0.0264. The summed E-state index contributed by atoms with van der Waals surface area (Å²) in [6, 6.07) is -0.181. The molecule has 0 radical (unpaired) electrons. The number of nitrogens with two attached hydrogens (primary N) is 1. The number of hydrogen-bond donors (Lipinski definition) is 1. The van der Waals surface area contributed by atoms with Crippen LogP contribution in [-0.2, 0) is 4.74 Å². The van der Waals surface area contributed by atoms with E-state index in [2.05, 4.69) is 28.3 Å². The summed E-state index contributed by atoms with van der Waals surface area (Å²) in [6.07, 6.45) is 2.79. The number of morpholine rings is 1. The Morgan fingerprint density at radius 3 is 3.17 bits per heavy atom. The maximum absolute atomic E-state index is 5.99. The number of thioether (sulfide) groups is 1. The van der Waals surface area contributed by atoms with Crippen molar-refractivity contribution in [3.8, 4) is 0 Å². The lowest BCUT2D eigenvalue weighted by atomic mass is 10.2. The maximum atomic E-state index is 5.99. The number of likely N-dealkylation sites (N-methyl/N-ethyl adjacent to an activating group) is 1. The van der Waals surface area contributed by atoms with Crippen LogP contribution in [0.25, 0.3) is 0 Å². The summed E-state index contributed by atoms with van der Waals surface area (Å²) in [5, 5.41) is 3.98. The number of hydrogen-bond acceptors (Lipinski definition) is 7. The van der Waals surface area contributed by atoms with Crippen LogP contribution in [0, 0.1) is 0 Å². The second kappa shape index (κ2) is 6.51. The van der Waals surface area contributed by atoms with Crippen molar-refractivity contribution in [1.82, 2.24) is 15.0 Å². The van der Waals surface area contributed by atoms with Gasteiger partial charge in [-0.15, -0.1) is 0 Å². The molecular weight excluding hydrogens is 252 g/mol. The molecule has 0 aromatic carbocycles. The Morgan fingerprint density at radius 1 is 1.61 bits per heavy atom. The third-order valence-corrected chi connectivity index (χ3v) is 3.61. The monoisotopic (exact) mass is 272 g/mol. The van der Waals surface area contributed by atoms with Crippen LogP contribution in [0.15, 0.2) is 4.52 Å². The molecule has 102 valence electrons. The van der Waals surface area contributed by atoms with E-state index in [4.69, 9.17) is 15.0 Å². The van der Waals surface area contributed by atoms with Gasteiger partial charge < -0.3 is 19.9 Å². The van der Waals surface area contributed by atoms with Crippen molar-refractivity contribution < 1.29 is 9.26 Å². The zero-order chi connectivity index (χ0) is 13.0. The van der Waals surface area contributed by atoms with Crippen molar-refractivity contribution in [2.24, 2.45) is 5.73 Å². The molecule has 2 rings (SSSR count). The van der Waals surface area contributed by atoms with Gasteiger partial charge in [-0.25, -0.2) is 0 Å². The van der Waals surface area contributed by atoms with Crippen LogP contribution < -0.4 is 5.73 Å². The molecule has 1 unspecified atom stereocenters. The van der Waals surface area contributed by atoms with E-state index in [9.17, 15) is 0 Å². The van der Waals surface area contributed by atoms with Crippen molar-refractivity contribution in [1.29, 1.82) is 0 Å². The summed E-state index contributed by atoms with van der Waals surface area (Å²) in [4.78, 5) is 6.55. The minimum atomic E-state index is -0.181. The molecule has 2 heterocycles. The van der Waals surface area contributed by atoms with Crippen LogP contribution in [0.1, 0.15) is 30.3 Å². The highest BCUT2D eigenvalue weighted by atomic mass is 32.2. The quantitative estimate of drug-likeness (QED) is 0.850. The van der Waals surface area contributed by atoms with Gasteiger partial charge in [-0.3, -0.25) is 0 Å². The molecule has 1 aromatic heterocycles. The van der Waals surface area contributed by atoms with Crippen LogP contribution in [0.4, 0.5) is 0 Å². The van der Waals surface area contributed by atoms with E-state index >= 15 is 0 Å². The van der Waals surface area contributed by atoms with Gasteiger partial charge in [0, 0.05) is 13.1 Å². The summed E-state index contributed by atoms with van der Waals surface area (Å²) in [7, 11) is 2.06. The Balaban J connectivity index is 1.96. The van der Waals surface area contributed by atoms with Crippen LogP contribution in [0.3, 0.4) is 0 Å². The van der Waals surface area contributed by atoms with Gasteiger partial charge in [0.1, 0.15) is 6.10 Å². The SMILES string of the molecule is CSCC[C@@H](N)c1nc(C2CN(C)CCO2)no1. The predicted molar refractivity (Wildman–Crippen MR) is 70.4 cm³/mol. The van der Waals surface area contributed by atoms with Gasteiger partial charge in [-0.1, -0.05) is 5.16 Å². The first-order valence-electron chi connectivity index (χ1n) is 6.09. The largest absolute Gasteiger partial charge is 0.367 e. The number of nitrogens with zero attached hydrogens (tertiary/aromatic N) is 3. The van der Waals surface area contributed by atoms with Crippen molar-refractivity contribution in [3.63, 3.8) is 0 Å². The highest BCUT2D eigenvalue weighted by Crippen LogP contribution is 2.21. The van der Waals surface area contributed by atoms with E-state index in [0.717, 1.165) is 25.3 Å². The summed E-state index contributed by atoms with van der Waals surface area (Å²) in [6.45, 7) is 2.43. The number of rotatable bonds is 5. The minimum absolute atomic E-state index is 0.103. The third kappa shape index (κ3) is 3.44. The molecule has 0 aliphatic carbocycles. The highest BCUT2D eigenvalue weighted by molar-refractivity contribution is 7.98. The first kappa shape index (κ1) is 13.8. The molecule has 1 aromatic rings. The van der Waals surface area contributed by atoms with E-state index in [1.165, 1.54) is 0 Å². The predicted octanol–water partition coefficient (Wildman–Crippen LogP) is 0.826. The van der Waals surface area contributed by atoms with Crippen molar-refractivity contribution >= 4 is 11.8 Å². The van der Waals surface area contributed by atoms with Crippen LogP contribution in [0.5, 0.6) is 0 Å². The second-order valence-electron chi connectivity index (χ2n) is 4.50. The minimum Gasteiger partial charge on any atom is -0.367 e. The molecule has 1 saturated heterocycles. The lowest BCUT2D eigenvalue weighted by Gasteiger charge is -2.27. The summed E-state index contributed by atoms with van der Waals surface area (Å²) in [5.74, 6) is 2.11. The van der Waals surface area contributed by atoms with Crippen molar-refractivity contribution in [2.75, 3.05) is 38.8 Å². The van der Waals surface area contributed by atoms with Crippen molar-refractivity contribution in [3.05, 3.63) is 11.7 Å². The van der Waals surface area contributed by atoms with Gasteiger partial charge in [-0.2, -0.15) is 16.7 Å². The normalized spacial score (nSPS) is 23.2. The fourth-order valence-corrected chi connectivity index (χ4v) is 2.32. The van der Waals surface area contributed by atoms with Gasteiger partial charge in [-0.05, 0) is 25.5 Å². The smallest absolute Gasteiger partial charge is 0.243 e. The van der Waals surface area contributed by atoms with Gasteiger partial charge >= 0.3 is 0 Å². The van der Waals surface area contributed by atoms with Gasteiger partial charge in [0.25, 0.3) is 0 Å². The Kier molecular flexibility index (Phi) is 4.99. The number of aromatic nitrogens is 2. The molecule has 1 aliphatic rings. The average molecular weight is 272 g/mol. The van der Waals surface area contributed by atoms with E-state index < -0.39 is 0 Å². The number of ether oxygens (including phenoxy) is 1. The summed E-state index contributed by atoms with van der Waals surface area (Å²) in [5.41, 5.74) is 5.99. The molecule has 18 heavy (non-hydrogen) atoms. The van der Waals surface area contributed by atoms with Crippen LogP contribution >= 0.6 is 11.8 Å². The molecule has 1 aliphatic heterocycles. The lowest BCUT2D eigenvalue weighted by Crippen LogP contribution is -2.35. The van der Waals surface area contributed by atoms with E-state index in [0.29, 0.717) is 18.3 Å². The zero-order valence-corrected chi connectivity index (χ0v) is 11.7. The van der Waals surface area contributed by atoms with E-state index in [1.807, 2.05) is 0 Å². The van der Waals surface area contributed by atoms with Crippen LogP contribution in [0.2, 0.25) is 0 Å². The van der Waals surface area contributed by atoms with Gasteiger partial charge in [0.2, 0.25) is 11.7 Å². The molecule has 2 atom stereocenters. The molecular formula is C11H20N4O2S. The Morgan fingerprint density at radius 2 is 2.44 bits per heavy atom. The van der Waals surface area contributed by atoms with E-state index in [1.54, 1.807) is 11.8 Å². The molecule has 2 N–H and O–H groups in total. The third-order valence-electron chi connectivity index (χ3n) is 2.97. The second-order valence-corrected chi connectivity index (χ2v) is 5.49. The molecule has 7 heteroatoms. The first-order chi connectivity index (χ1) is 8.70. The van der Waals surface area contributed by atoms with Crippen molar-refractivity contribution in [2.45, 2.75) is 18.6 Å². The molecule has 0 saturated carbocycles. The highest BCUT2D eigenvalue weighted by Gasteiger charge is 2.25. The van der Waals surface area contributed by atoms with Gasteiger partial charge in [0.15, 0.2) is 0 Å². The first-order valence-corrected chi connectivity index (χ1v) is 7.48. The van der Waals surface area contributed by atoms with Gasteiger partial charge in [0.05, 0.1) is 12.6 Å². The van der Waals surface area contributed by atoms with Crippen LogP contribution in [-0.4, -0.2) is 53.8 Å². The zero-order valence-electron chi connectivity index (χ0n) is 10.8. The fraction of sp³-hybridized carbons (Fsp3) is 0.818. The molecule has 6 nitrogen and oxygen atoms in total. The Hall–Kier alpha value is -0.630. The Bertz CT molecular complexity index is 374. The Labute approximate surface area is 111 Å². The van der Waals surface area contributed by atoms with E-state index in [-0.39, 0.29) is 12.1 Å². The molecule has 0 bridgehead atoms. The summed E-state index contributed by atoms with van der Waals surface area (Å²) < 4.78 is 10.9. The standard InChI is InChI=1S/C11H20N4O2S/c1-15-4-5-16-9(7-15)10-13-11(17-14-10)8(12)3-6-18-2/h8-9H,3-7,12H2,1-2H3/t8-,9?/m1/s1. The molecule has 0 amide bonds. The fourth-order valence-electron chi connectivity index (χ4n) is 1.83.